The van der Waals surface area contributed by atoms with E-state index in [0.29, 0.717) is 6.42 Å². The van der Waals surface area contributed by atoms with Crippen LogP contribution >= 0.6 is 7.82 Å². The molecule has 0 heterocycles. The molecule has 0 saturated carbocycles. The topological polar surface area (TPSA) is 119 Å². The molecule has 2 N–H and O–H groups in total. The molecule has 0 aromatic rings. The molecule has 0 aromatic carbocycles. The van der Waals surface area contributed by atoms with Gasteiger partial charge >= 0.3 is 19.8 Å². The van der Waals surface area contributed by atoms with Crippen LogP contribution in [0.25, 0.3) is 0 Å². The van der Waals surface area contributed by atoms with E-state index in [1.165, 1.54) is 148 Å². The molecule has 0 saturated heterocycles. The molecular formula is C43H81O8P. The van der Waals surface area contributed by atoms with Crippen LogP contribution in [-0.2, 0) is 28.2 Å². The van der Waals surface area contributed by atoms with Crippen molar-refractivity contribution in [3.8, 4) is 0 Å². The minimum Gasteiger partial charge on any atom is -0.462 e. The first-order valence-electron chi connectivity index (χ1n) is 21.6. The van der Waals surface area contributed by atoms with Crippen LogP contribution in [-0.4, -0.2) is 41.0 Å². The number of allylic oxidation sites excluding steroid dienone is 4. The van der Waals surface area contributed by atoms with Crippen LogP contribution in [0.4, 0.5) is 0 Å². The fourth-order valence-electron chi connectivity index (χ4n) is 6.17. The van der Waals surface area contributed by atoms with Gasteiger partial charge in [0.2, 0.25) is 0 Å². The molecule has 0 bridgehead atoms. The molecule has 9 heteroatoms. The Balaban J connectivity index is 3.87. The highest BCUT2D eigenvalue weighted by Crippen LogP contribution is 2.36. The maximum absolute atomic E-state index is 12.4. The molecule has 0 aliphatic rings. The van der Waals surface area contributed by atoms with Gasteiger partial charge in [0.15, 0.2) is 6.10 Å². The van der Waals surface area contributed by atoms with E-state index >= 15 is 0 Å². The molecule has 0 aliphatic carbocycles. The van der Waals surface area contributed by atoms with Gasteiger partial charge in [0, 0.05) is 12.8 Å². The molecule has 0 fully saturated rings. The van der Waals surface area contributed by atoms with Crippen molar-refractivity contribution in [1.29, 1.82) is 0 Å². The number of phosphoric acid groups is 1. The predicted molar refractivity (Wildman–Crippen MR) is 216 cm³/mol. The Bertz CT molecular complexity index is 900. The largest absolute Gasteiger partial charge is 0.469 e. The van der Waals surface area contributed by atoms with Crippen LogP contribution < -0.4 is 0 Å². The Kier molecular flexibility index (Phi) is 38.1. The van der Waals surface area contributed by atoms with Crippen LogP contribution in [0.1, 0.15) is 219 Å². The number of carbonyl (C=O) groups excluding carboxylic acids is 2. The number of hydrogen-bond acceptors (Lipinski definition) is 6. The van der Waals surface area contributed by atoms with E-state index in [2.05, 4.69) is 42.7 Å². The lowest BCUT2D eigenvalue weighted by atomic mass is 10.1. The maximum Gasteiger partial charge on any atom is 0.469 e. The van der Waals surface area contributed by atoms with Crippen molar-refractivity contribution in [2.45, 2.75) is 225 Å². The minimum atomic E-state index is -4.75. The molecule has 52 heavy (non-hydrogen) atoms. The lowest BCUT2D eigenvalue weighted by Crippen LogP contribution is -2.29. The summed E-state index contributed by atoms with van der Waals surface area (Å²) in [7, 11) is -4.75. The quantitative estimate of drug-likeness (QED) is 0.0274. The second-order valence-electron chi connectivity index (χ2n) is 14.7. The number of phosphoric ester groups is 1. The summed E-state index contributed by atoms with van der Waals surface area (Å²) in [6.45, 7) is 3.67. The predicted octanol–water partition coefficient (Wildman–Crippen LogP) is 13.2. The smallest absolute Gasteiger partial charge is 0.462 e. The van der Waals surface area contributed by atoms with E-state index < -0.39 is 32.5 Å². The third kappa shape index (κ3) is 41.3. The van der Waals surface area contributed by atoms with Crippen molar-refractivity contribution in [1.82, 2.24) is 0 Å². The molecule has 0 aromatic heterocycles. The fraction of sp³-hybridized carbons (Fsp3) is 0.860. The molecule has 0 rings (SSSR count). The summed E-state index contributed by atoms with van der Waals surface area (Å²) in [5, 5.41) is 0. The summed E-state index contributed by atoms with van der Waals surface area (Å²) >= 11 is 0. The number of rotatable bonds is 40. The molecule has 306 valence electrons. The molecule has 0 radical (unpaired) electrons. The third-order valence-corrected chi connectivity index (χ3v) is 9.93. The summed E-state index contributed by atoms with van der Waals surface area (Å²) in [5.74, 6) is -0.882. The van der Waals surface area contributed by atoms with Crippen LogP contribution in [0.2, 0.25) is 0 Å². The molecule has 0 spiro atoms. The zero-order valence-corrected chi connectivity index (χ0v) is 34.6. The molecule has 0 amide bonds. The summed E-state index contributed by atoms with van der Waals surface area (Å²) in [4.78, 5) is 42.9. The van der Waals surface area contributed by atoms with E-state index in [1.54, 1.807) is 0 Å². The van der Waals surface area contributed by atoms with Gasteiger partial charge in [-0.1, -0.05) is 173 Å². The summed E-state index contributed by atoms with van der Waals surface area (Å²) in [6.07, 6.45) is 44.7. The van der Waals surface area contributed by atoms with Gasteiger partial charge in [0.05, 0.1) is 6.61 Å². The average Bonchev–Trinajstić information content (AvgIpc) is 3.11. The van der Waals surface area contributed by atoms with Gasteiger partial charge in [0.1, 0.15) is 6.61 Å². The Hall–Kier alpha value is -1.47. The summed E-state index contributed by atoms with van der Waals surface area (Å²) in [5.41, 5.74) is 0. The van der Waals surface area contributed by atoms with Crippen molar-refractivity contribution in [3.63, 3.8) is 0 Å². The zero-order chi connectivity index (χ0) is 38.2. The van der Waals surface area contributed by atoms with Gasteiger partial charge < -0.3 is 19.3 Å². The Morgan fingerprint density at radius 3 is 1.23 bits per heavy atom. The number of unbranched alkanes of at least 4 members (excludes halogenated alkanes) is 26. The number of hydrogen-bond donors (Lipinski definition) is 2. The summed E-state index contributed by atoms with van der Waals surface area (Å²) in [6, 6.07) is 0. The monoisotopic (exact) mass is 757 g/mol. The highest BCUT2D eigenvalue weighted by atomic mass is 31.2. The van der Waals surface area contributed by atoms with Crippen LogP contribution in [0.3, 0.4) is 0 Å². The lowest BCUT2D eigenvalue weighted by molar-refractivity contribution is -0.161. The maximum atomic E-state index is 12.4. The van der Waals surface area contributed by atoms with Gasteiger partial charge in [-0.25, -0.2) is 4.57 Å². The van der Waals surface area contributed by atoms with Crippen LogP contribution in [0.15, 0.2) is 24.3 Å². The van der Waals surface area contributed by atoms with Crippen LogP contribution in [0.5, 0.6) is 0 Å². The zero-order valence-electron chi connectivity index (χ0n) is 33.7. The van der Waals surface area contributed by atoms with Crippen LogP contribution in [0, 0.1) is 0 Å². The third-order valence-electron chi connectivity index (χ3n) is 9.44. The highest BCUT2D eigenvalue weighted by molar-refractivity contribution is 7.46. The second kappa shape index (κ2) is 39.2. The Morgan fingerprint density at radius 1 is 0.481 bits per heavy atom. The Labute approximate surface area is 319 Å². The fourth-order valence-corrected chi connectivity index (χ4v) is 6.53. The normalized spacial score (nSPS) is 12.6. The number of ether oxygens (including phenoxy) is 2. The van der Waals surface area contributed by atoms with Gasteiger partial charge in [-0.2, -0.15) is 0 Å². The SMILES string of the molecule is CCCC/C=C/CCCCCCCCCCCC(=O)O[C@H](COC(=O)CCCCCCCCCCC/C=C/CCCCCCCC)COP(=O)(O)O. The number of carbonyl (C=O) groups is 2. The molecular weight excluding hydrogens is 675 g/mol. The van der Waals surface area contributed by atoms with Crippen molar-refractivity contribution in [2.75, 3.05) is 13.2 Å². The lowest BCUT2D eigenvalue weighted by Gasteiger charge is -2.18. The molecule has 8 nitrogen and oxygen atoms in total. The van der Waals surface area contributed by atoms with Crippen molar-refractivity contribution in [2.24, 2.45) is 0 Å². The Morgan fingerprint density at radius 2 is 0.827 bits per heavy atom. The molecule has 0 aliphatic heterocycles. The van der Waals surface area contributed by atoms with Crippen molar-refractivity contribution < 1.29 is 37.9 Å². The second-order valence-corrected chi connectivity index (χ2v) is 15.9. The highest BCUT2D eigenvalue weighted by Gasteiger charge is 2.22. The van der Waals surface area contributed by atoms with E-state index in [9.17, 15) is 14.2 Å². The first-order valence-corrected chi connectivity index (χ1v) is 23.2. The first-order chi connectivity index (χ1) is 25.3. The molecule has 1 atom stereocenters. The van der Waals surface area contributed by atoms with Crippen molar-refractivity contribution >= 4 is 19.8 Å². The van der Waals surface area contributed by atoms with Gasteiger partial charge in [-0.05, 0) is 57.8 Å². The van der Waals surface area contributed by atoms with Gasteiger partial charge in [0.25, 0.3) is 0 Å². The van der Waals surface area contributed by atoms with E-state index in [-0.39, 0.29) is 19.4 Å². The van der Waals surface area contributed by atoms with Gasteiger partial charge in [-0.15, -0.1) is 0 Å². The molecule has 0 unspecified atom stereocenters. The van der Waals surface area contributed by atoms with E-state index in [4.69, 9.17) is 19.3 Å². The average molecular weight is 757 g/mol. The summed E-state index contributed by atoms with van der Waals surface area (Å²) < 4.78 is 26.4. The van der Waals surface area contributed by atoms with E-state index in [0.717, 1.165) is 38.5 Å². The van der Waals surface area contributed by atoms with Crippen molar-refractivity contribution in [3.05, 3.63) is 24.3 Å². The number of esters is 2. The van der Waals surface area contributed by atoms with Gasteiger partial charge in [-0.3, -0.25) is 14.1 Å². The standard InChI is InChI=1S/C43H81O8P/c1-3-5-7-9-11-13-15-17-19-20-21-22-24-25-27-29-31-33-35-37-42(44)49-39-41(40-50-52(46,47)48)51-43(45)38-36-34-32-30-28-26-23-18-16-14-12-10-8-6-4-2/h10,12,17,19,41H,3-9,11,13-16,18,20-40H2,1-2H3,(H2,46,47,48)/b12-10+,19-17+/t41-/m1/s1. The minimum absolute atomic E-state index is 0.211. The first kappa shape index (κ1) is 50.5. The van der Waals surface area contributed by atoms with E-state index in [1.807, 2.05) is 0 Å².